The number of piperidine rings is 1. The molecule has 0 amide bonds. The first-order valence-electron chi connectivity index (χ1n) is 5.43. The Bertz CT molecular complexity index is 162. The lowest BCUT2D eigenvalue weighted by Crippen LogP contribution is -2.50. The summed E-state index contributed by atoms with van der Waals surface area (Å²) in [6.45, 7) is 3.84. The summed E-state index contributed by atoms with van der Waals surface area (Å²) in [5, 5.41) is 0. The van der Waals surface area contributed by atoms with E-state index in [0.717, 1.165) is 6.04 Å². The van der Waals surface area contributed by atoms with Gasteiger partial charge in [0, 0.05) is 6.04 Å². The summed E-state index contributed by atoms with van der Waals surface area (Å²) >= 11 is 0. The van der Waals surface area contributed by atoms with E-state index < -0.39 is 0 Å². The number of hydrogen-bond donors (Lipinski definition) is 0. The molecule has 1 aliphatic heterocycles. The third-order valence-electron chi connectivity index (χ3n) is 4.07. The summed E-state index contributed by atoms with van der Waals surface area (Å²) in [5.74, 6) is 0. The van der Waals surface area contributed by atoms with Crippen LogP contribution in [0.1, 0.15) is 45.4 Å². The van der Waals surface area contributed by atoms with Crippen molar-refractivity contribution in [1.29, 1.82) is 0 Å². The molecule has 1 heteroatoms. The molecule has 0 radical (unpaired) electrons. The van der Waals surface area contributed by atoms with Crippen LogP contribution >= 0.6 is 0 Å². The van der Waals surface area contributed by atoms with E-state index in [9.17, 15) is 0 Å². The number of rotatable bonds is 0. The maximum atomic E-state index is 2.60. The van der Waals surface area contributed by atoms with Gasteiger partial charge in [0.25, 0.3) is 0 Å². The number of nitrogens with zero attached hydrogens (tertiary/aromatic N) is 1. The average molecular weight is 167 g/mol. The minimum Gasteiger partial charge on any atom is -0.303 e. The Kier molecular flexibility index (Phi) is 2.16. The lowest BCUT2D eigenvalue weighted by Gasteiger charge is -2.50. The van der Waals surface area contributed by atoms with Gasteiger partial charge in [-0.1, -0.05) is 19.8 Å². The van der Waals surface area contributed by atoms with Gasteiger partial charge in [0.05, 0.1) is 0 Å². The maximum absolute atomic E-state index is 2.60. The molecule has 0 aromatic carbocycles. The molecule has 2 fully saturated rings. The number of fused-ring (bicyclic) bond motifs is 1. The van der Waals surface area contributed by atoms with Gasteiger partial charge in [-0.15, -0.1) is 0 Å². The molecule has 2 rings (SSSR count). The summed E-state index contributed by atoms with van der Waals surface area (Å²) in [6.07, 6.45) is 8.76. The summed E-state index contributed by atoms with van der Waals surface area (Å²) in [6, 6.07) is 0.903. The Morgan fingerprint density at radius 2 is 1.92 bits per heavy atom. The Hall–Kier alpha value is -0.0400. The van der Waals surface area contributed by atoms with E-state index in [1.165, 1.54) is 45.1 Å². The quantitative estimate of drug-likeness (QED) is 0.536. The molecule has 2 atom stereocenters. The first-order chi connectivity index (χ1) is 5.72. The summed E-state index contributed by atoms with van der Waals surface area (Å²) in [5.41, 5.74) is 0.672. The third kappa shape index (κ3) is 1.28. The second kappa shape index (κ2) is 3.02. The fraction of sp³-hybridized carbons (Fsp3) is 1.00. The van der Waals surface area contributed by atoms with Crippen LogP contribution in [0.15, 0.2) is 0 Å². The molecular formula is C11H21N. The predicted octanol–water partition coefficient (Wildman–Crippen LogP) is 2.66. The lowest BCUT2D eigenvalue weighted by molar-refractivity contribution is 0.00958. The third-order valence-corrected chi connectivity index (χ3v) is 4.07. The van der Waals surface area contributed by atoms with Gasteiger partial charge in [0.15, 0.2) is 0 Å². The van der Waals surface area contributed by atoms with Gasteiger partial charge in [0.1, 0.15) is 0 Å². The largest absolute Gasteiger partial charge is 0.303 e. The van der Waals surface area contributed by atoms with Gasteiger partial charge >= 0.3 is 0 Å². The molecule has 12 heavy (non-hydrogen) atoms. The highest BCUT2D eigenvalue weighted by atomic mass is 15.1. The number of hydrogen-bond acceptors (Lipinski definition) is 1. The van der Waals surface area contributed by atoms with Crippen LogP contribution in [0.2, 0.25) is 0 Å². The zero-order chi connectivity index (χ0) is 8.60. The van der Waals surface area contributed by atoms with Crippen molar-refractivity contribution in [2.45, 2.75) is 51.5 Å². The van der Waals surface area contributed by atoms with Crippen molar-refractivity contribution in [3.8, 4) is 0 Å². The highest BCUT2D eigenvalue weighted by Gasteiger charge is 2.40. The molecule has 0 spiro atoms. The van der Waals surface area contributed by atoms with Gasteiger partial charge in [-0.3, -0.25) is 0 Å². The van der Waals surface area contributed by atoms with Crippen molar-refractivity contribution in [3.05, 3.63) is 0 Å². The van der Waals surface area contributed by atoms with Gasteiger partial charge in [-0.25, -0.2) is 0 Å². The van der Waals surface area contributed by atoms with Crippen LogP contribution in [0, 0.1) is 5.41 Å². The van der Waals surface area contributed by atoms with E-state index in [0.29, 0.717) is 5.41 Å². The van der Waals surface area contributed by atoms with Crippen molar-refractivity contribution >= 4 is 0 Å². The van der Waals surface area contributed by atoms with Crippen LogP contribution in [0.3, 0.4) is 0 Å². The molecule has 0 unspecified atom stereocenters. The second-order valence-electron chi connectivity index (χ2n) is 5.00. The fourth-order valence-electron chi connectivity index (χ4n) is 3.31. The zero-order valence-electron chi connectivity index (χ0n) is 8.47. The molecule has 2 aliphatic rings. The number of likely N-dealkylation sites (tertiary alicyclic amines) is 1. The minimum absolute atomic E-state index is 0.672. The summed E-state index contributed by atoms with van der Waals surface area (Å²) < 4.78 is 0. The molecule has 1 saturated heterocycles. The molecule has 0 bridgehead atoms. The molecular weight excluding hydrogens is 146 g/mol. The van der Waals surface area contributed by atoms with Crippen LogP contribution in [0.5, 0.6) is 0 Å². The van der Waals surface area contributed by atoms with Crippen LogP contribution < -0.4 is 0 Å². The van der Waals surface area contributed by atoms with Crippen molar-refractivity contribution < 1.29 is 0 Å². The molecule has 1 aliphatic carbocycles. The van der Waals surface area contributed by atoms with E-state index in [1.54, 1.807) is 0 Å². The molecule has 1 saturated carbocycles. The van der Waals surface area contributed by atoms with E-state index in [1.807, 2.05) is 0 Å². The van der Waals surface area contributed by atoms with Crippen LogP contribution in [0.25, 0.3) is 0 Å². The highest BCUT2D eigenvalue weighted by molar-refractivity contribution is 4.94. The Morgan fingerprint density at radius 3 is 2.67 bits per heavy atom. The van der Waals surface area contributed by atoms with Crippen LogP contribution in [-0.4, -0.2) is 24.5 Å². The van der Waals surface area contributed by atoms with Crippen LogP contribution in [-0.2, 0) is 0 Å². The molecule has 0 N–H and O–H groups in total. The molecule has 1 nitrogen and oxygen atoms in total. The van der Waals surface area contributed by atoms with Crippen molar-refractivity contribution in [3.63, 3.8) is 0 Å². The van der Waals surface area contributed by atoms with Gasteiger partial charge in [-0.05, 0) is 44.7 Å². The second-order valence-corrected chi connectivity index (χ2v) is 5.00. The smallest absolute Gasteiger partial charge is 0.0146 e. The Morgan fingerprint density at radius 1 is 1.17 bits per heavy atom. The van der Waals surface area contributed by atoms with E-state index >= 15 is 0 Å². The Labute approximate surface area is 76.1 Å². The topological polar surface area (TPSA) is 3.24 Å². The highest BCUT2D eigenvalue weighted by Crippen LogP contribution is 2.44. The molecule has 0 aromatic heterocycles. The SMILES string of the molecule is CN1CCC[C@@]2(C)CCCC[C@H]12. The van der Waals surface area contributed by atoms with Gasteiger partial charge in [0.2, 0.25) is 0 Å². The van der Waals surface area contributed by atoms with Crippen molar-refractivity contribution in [2.24, 2.45) is 5.41 Å². The first kappa shape index (κ1) is 8.55. The monoisotopic (exact) mass is 167 g/mol. The molecule has 1 heterocycles. The van der Waals surface area contributed by atoms with Crippen molar-refractivity contribution in [2.75, 3.05) is 13.6 Å². The lowest BCUT2D eigenvalue weighted by atomic mass is 9.67. The molecule has 0 aromatic rings. The summed E-state index contributed by atoms with van der Waals surface area (Å²) in [7, 11) is 2.31. The molecule has 70 valence electrons. The van der Waals surface area contributed by atoms with Crippen LogP contribution in [0.4, 0.5) is 0 Å². The van der Waals surface area contributed by atoms with Gasteiger partial charge in [-0.2, -0.15) is 0 Å². The minimum atomic E-state index is 0.672. The standard InChI is InChI=1S/C11H21N/c1-11-7-4-3-6-10(11)12(2)9-5-8-11/h10H,3-9H2,1-2H3/t10-,11+/m0/s1. The normalized spacial score (nSPS) is 44.0. The first-order valence-corrected chi connectivity index (χ1v) is 5.43. The summed E-state index contributed by atoms with van der Waals surface area (Å²) in [4.78, 5) is 2.60. The zero-order valence-corrected chi connectivity index (χ0v) is 8.47. The average Bonchev–Trinajstić information content (AvgIpc) is 2.04. The predicted molar refractivity (Wildman–Crippen MR) is 52.2 cm³/mol. The maximum Gasteiger partial charge on any atom is 0.0146 e. The Balaban J connectivity index is 2.12. The van der Waals surface area contributed by atoms with E-state index in [4.69, 9.17) is 0 Å². The van der Waals surface area contributed by atoms with Crippen molar-refractivity contribution in [1.82, 2.24) is 4.90 Å². The van der Waals surface area contributed by atoms with E-state index in [2.05, 4.69) is 18.9 Å². The van der Waals surface area contributed by atoms with E-state index in [-0.39, 0.29) is 0 Å². The fourth-order valence-corrected chi connectivity index (χ4v) is 3.31. The van der Waals surface area contributed by atoms with Gasteiger partial charge < -0.3 is 4.90 Å².